The van der Waals surface area contributed by atoms with Gasteiger partial charge in [0.2, 0.25) is 0 Å². The number of hydrogen-bond donors (Lipinski definition) is 1. The molecule has 4 rings (SSSR count). The van der Waals surface area contributed by atoms with Crippen LogP contribution in [0.4, 0.5) is 10.1 Å². The van der Waals surface area contributed by atoms with Gasteiger partial charge in [0.25, 0.3) is 10.0 Å². The first kappa shape index (κ1) is 17.6. The first-order valence-corrected chi connectivity index (χ1v) is 10.5. The Morgan fingerprint density at radius 1 is 1.00 bits per heavy atom. The number of para-hydroxylation sites is 1. The molecule has 0 spiro atoms. The van der Waals surface area contributed by atoms with E-state index in [9.17, 15) is 12.8 Å². The number of nitrogens with one attached hydrogen (secondary N) is 1. The highest BCUT2D eigenvalue weighted by Gasteiger charge is 2.16. The molecule has 0 aliphatic rings. The molecule has 7 heteroatoms. The molecule has 4 aromatic rings. The number of sulfonamides is 1. The molecule has 27 heavy (non-hydrogen) atoms. The van der Waals surface area contributed by atoms with Crippen molar-refractivity contribution in [1.29, 1.82) is 0 Å². The van der Waals surface area contributed by atoms with Crippen molar-refractivity contribution in [2.45, 2.75) is 11.8 Å². The van der Waals surface area contributed by atoms with Gasteiger partial charge in [-0.2, -0.15) is 0 Å². The fourth-order valence-electron chi connectivity index (χ4n) is 2.74. The van der Waals surface area contributed by atoms with E-state index in [1.54, 1.807) is 17.4 Å². The molecule has 0 amide bonds. The Kier molecular flexibility index (Phi) is 4.41. The number of aryl methyl sites for hydroxylation is 1. The van der Waals surface area contributed by atoms with E-state index in [-0.39, 0.29) is 4.90 Å². The van der Waals surface area contributed by atoms with Crippen LogP contribution < -0.4 is 4.72 Å². The molecule has 0 unspecified atom stereocenters. The van der Waals surface area contributed by atoms with Crippen molar-refractivity contribution in [2.75, 3.05) is 4.72 Å². The van der Waals surface area contributed by atoms with Crippen molar-refractivity contribution in [3.8, 4) is 10.6 Å². The van der Waals surface area contributed by atoms with Crippen LogP contribution >= 0.6 is 11.3 Å². The van der Waals surface area contributed by atoms with E-state index in [1.807, 2.05) is 43.3 Å². The molecule has 1 aromatic heterocycles. The fraction of sp³-hybridized carbons (Fsp3) is 0.0500. The van der Waals surface area contributed by atoms with Crippen LogP contribution in [0.5, 0.6) is 0 Å². The molecule has 136 valence electrons. The molecular formula is C20H15FN2O2S2. The van der Waals surface area contributed by atoms with Gasteiger partial charge < -0.3 is 0 Å². The van der Waals surface area contributed by atoms with Gasteiger partial charge in [0.05, 0.1) is 20.8 Å². The molecule has 0 aliphatic carbocycles. The third-order valence-electron chi connectivity index (χ3n) is 4.12. The minimum atomic E-state index is -3.86. The Balaban J connectivity index is 1.65. The second-order valence-electron chi connectivity index (χ2n) is 6.08. The van der Waals surface area contributed by atoms with Crippen molar-refractivity contribution >= 4 is 37.3 Å². The predicted octanol–water partition coefficient (Wildman–Crippen LogP) is 5.21. The summed E-state index contributed by atoms with van der Waals surface area (Å²) >= 11 is 1.59. The third-order valence-corrected chi connectivity index (χ3v) is 6.57. The zero-order valence-electron chi connectivity index (χ0n) is 14.3. The Hall–Kier alpha value is -2.77. The molecule has 0 atom stereocenters. The molecule has 0 radical (unpaired) electrons. The van der Waals surface area contributed by atoms with E-state index in [1.165, 1.54) is 18.2 Å². The zero-order valence-corrected chi connectivity index (χ0v) is 15.9. The Morgan fingerprint density at radius 2 is 1.81 bits per heavy atom. The molecule has 3 aromatic carbocycles. The Bertz CT molecular complexity index is 1220. The van der Waals surface area contributed by atoms with Gasteiger partial charge in [0.15, 0.2) is 0 Å². The maximum atomic E-state index is 13.3. The topological polar surface area (TPSA) is 59.1 Å². The summed E-state index contributed by atoms with van der Waals surface area (Å²) in [6.07, 6.45) is 0. The summed E-state index contributed by atoms with van der Waals surface area (Å²) in [5.74, 6) is -0.596. The summed E-state index contributed by atoms with van der Waals surface area (Å²) < 4.78 is 41.9. The van der Waals surface area contributed by atoms with Crippen LogP contribution in [0.25, 0.3) is 20.8 Å². The number of thiazole rings is 1. The lowest BCUT2D eigenvalue weighted by molar-refractivity contribution is 0.595. The van der Waals surface area contributed by atoms with Crippen LogP contribution in [-0.2, 0) is 10.0 Å². The molecular weight excluding hydrogens is 383 g/mol. The van der Waals surface area contributed by atoms with Crippen molar-refractivity contribution in [2.24, 2.45) is 0 Å². The largest absolute Gasteiger partial charge is 0.279 e. The summed E-state index contributed by atoms with van der Waals surface area (Å²) in [4.78, 5) is 4.51. The molecule has 1 heterocycles. The second-order valence-corrected chi connectivity index (χ2v) is 8.79. The van der Waals surface area contributed by atoms with Crippen molar-refractivity contribution in [3.05, 3.63) is 78.1 Å². The van der Waals surface area contributed by atoms with E-state index >= 15 is 0 Å². The van der Waals surface area contributed by atoms with Gasteiger partial charge in [-0.3, -0.25) is 4.72 Å². The van der Waals surface area contributed by atoms with Crippen LogP contribution in [0.1, 0.15) is 5.56 Å². The number of benzene rings is 3. The van der Waals surface area contributed by atoms with Crippen LogP contribution in [0.3, 0.4) is 0 Å². The summed E-state index contributed by atoms with van der Waals surface area (Å²) in [6.45, 7) is 1.82. The van der Waals surface area contributed by atoms with Crippen LogP contribution in [0.15, 0.2) is 71.6 Å². The number of anilines is 1. The first-order chi connectivity index (χ1) is 12.9. The Morgan fingerprint density at radius 3 is 2.56 bits per heavy atom. The number of rotatable bonds is 4. The minimum Gasteiger partial charge on any atom is -0.279 e. The molecule has 0 fully saturated rings. The van der Waals surface area contributed by atoms with E-state index in [4.69, 9.17) is 0 Å². The molecule has 0 aliphatic heterocycles. The van der Waals surface area contributed by atoms with Gasteiger partial charge >= 0.3 is 0 Å². The lowest BCUT2D eigenvalue weighted by Crippen LogP contribution is -2.14. The maximum absolute atomic E-state index is 13.3. The third kappa shape index (κ3) is 3.56. The normalized spacial score (nSPS) is 11.6. The maximum Gasteiger partial charge on any atom is 0.262 e. The van der Waals surface area contributed by atoms with Crippen molar-refractivity contribution in [3.63, 3.8) is 0 Å². The number of hydrogen-bond acceptors (Lipinski definition) is 4. The summed E-state index contributed by atoms with van der Waals surface area (Å²) in [5.41, 5.74) is 3.06. The zero-order chi connectivity index (χ0) is 19.0. The van der Waals surface area contributed by atoms with Gasteiger partial charge in [-0.25, -0.2) is 17.8 Å². The molecule has 0 saturated heterocycles. The second kappa shape index (κ2) is 6.75. The van der Waals surface area contributed by atoms with Gasteiger partial charge in [0, 0.05) is 5.56 Å². The highest BCUT2D eigenvalue weighted by molar-refractivity contribution is 7.92. The van der Waals surface area contributed by atoms with E-state index < -0.39 is 15.8 Å². The highest BCUT2D eigenvalue weighted by atomic mass is 32.2. The number of aromatic nitrogens is 1. The van der Waals surface area contributed by atoms with E-state index in [0.29, 0.717) is 5.69 Å². The molecule has 1 N–H and O–H groups in total. The lowest BCUT2D eigenvalue weighted by Gasteiger charge is -2.11. The molecule has 0 saturated carbocycles. The van der Waals surface area contributed by atoms with Gasteiger partial charge in [-0.1, -0.05) is 18.2 Å². The van der Waals surface area contributed by atoms with E-state index in [0.717, 1.165) is 32.4 Å². The standard InChI is InChI=1S/C20H15FN2O2S2/c1-13-11-14(20-22-18-7-2-3-8-19(18)26-20)9-10-17(13)23-27(24,25)16-6-4-5-15(21)12-16/h2-12,23H,1H3. The number of nitrogens with zero attached hydrogens (tertiary/aromatic N) is 1. The SMILES string of the molecule is Cc1cc(-c2nc3ccccc3s2)ccc1NS(=O)(=O)c1cccc(F)c1. The Labute approximate surface area is 160 Å². The number of halogens is 1. The average molecular weight is 398 g/mol. The molecule has 4 nitrogen and oxygen atoms in total. The van der Waals surface area contributed by atoms with Gasteiger partial charge in [-0.15, -0.1) is 11.3 Å². The first-order valence-electron chi connectivity index (χ1n) is 8.17. The predicted molar refractivity (Wildman–Crippen MR) is 107 cm³/mol. The smallest absolute Gasteiger partial charge is 0.262 e. The summed E-state index contributed by atoms with van der Waals surface area (Å²) in [6, 6.07) is 18.2. The summed E-state index contributed by atoms with van der Waals surface area (Å²) in [7, 11) is -3.86. The quantitative estimate of drug-likeness (QED) is 0.513. The molecule has 0 bridgehead atoms. The average Bonchev–Trinajstić information content (AvgIpc) is 3.07. The number of fused-ring (bicyclic) bond motifs is 1. The van der Waals surface area contributed by atoms with E-state index in [2.05, 4.69) is 9.71 Å². The minimum absolute atomic E-state index is 0.114. The monoisotopic (exact) mass is 398 g/mol. The van der Waals surface area contributed by atoms with Crippen molar-refractivity contribution in [1.82, 2.24) is 4.98 Å². The highest BCUT2D eigenvalue weighted by Crippen LogP contribution is 2.32. The van der Waals surface area contributed by atoms with Crippen LogP contribution in [0.2, 0.25) is 0 Å². The van der Waals surface area contributed by atoms with Crippen LogP contribution in [-0.4, -0.2) is 13.4 Å². The van der Waals surface area contributed by atoms with Gasteiger partial charge in [-0.05, 0) is 61.0 Å². The van der Waals surface area contributed by atoms with Crippen LogP contribution in [0, 0.1) is 12.7 Å². The van der Waals surface area contributed by atoms with Crippen molar-refractivity contribution < 1.29 is 12.8 Å². The lowest BCUT2D eigenvalue weighted by atomic mass is 10.1. The van der Waals surface area contributed by atoms with Gasteiger partial charge in [0.1, 0.15) is 10.8 Å². The fourth-order valence-corrected chi connectivity index (χ4v) is 4.87. The summed E-state index contributed by atoms with van der Waals surface area (Å²) in [5, 5.41) is 0.874.